The number of rotatable bonds is 4. The molecule has 0 aromatic carbocycles. The van der Waals surface area contributed by atoms with Crippen molar-refractivity contribution in [1.29, 1.82) is 0 Å². The first kappa shape index (κ1) is 21.0. The predicted molar refractivity (Wildman–Crippen MR) is 82.0 cm³/mol. The Morgan fingerprint density at radius 2 is 1.15 bits per heavy atom. The molecule has 0 aliphatic heterocycles. The summed E-state index contributed by atoms with van der Waals surface area (Å²) in [7, 11) is 0.131. The normalized spacial score (nSPS) is 13.0. The van der Waals surface area contributed by atoms with Gasteiger partial charge >= 0.3 is 12.4 Å². The molecule has 2 rings (SSSR count). The van der Waals surface area contributed by atoms with Crippen LogP contribution in [0.25, 0.3) is 0 Å². The molecule has 0 aliphatic rings. The SMILES string of the molecule is Cn1nc(C(F)(F)F)c(CS(=O)Cc2c(C(F)(F)F)nn(C)c2Cl)c1Cl. The maximum atomic E-state index is 13.0. The monoisotopic (exact) mass is 442 g/mol. The van der Waals surface area contributed by atoms with Gasteiger partial charge in [0.05, 0.1) is 11.5 Å². The van der Waals surface area contributed by atoms with Crippen molar-refractivity contribution in [3.63, 3.8) is 0 Å². The molecule has 2 heterocycles. The van der Waals surface area contributed by atoms with E-state index in [0.717, 1.165) is 23.5 Å². The molecule has 2 aromatic heterocycles. The van der Waals surface area contributed by atoms with E-state index in [1.807, 2.05) is 0 Å². The average molecular weight is 443 g/mol. The smallest absolute Gasteiger partial charge is 0.259 e. The third-order valence-electron chi connectivity index (χ3n) is 3.29. The van der Waals surface area contributed by atoms with Crippen molar-refractivity contribution in [2.24, 2.45) is 14.1 Å². The fourth-order valence-corrected chi connectivity index (χ4v) is 4.02. The Labute approximate surface area is 155 Å². The van der Waals surface area contributed by atoms with Crippen LogP contribution in [0.3, 0.4) is 0 Å². The maximum absolute atomic E-state index is 13.0. The lowest BCUT2D eigenvalue weighted by molar-refractivity contribution is -0.142. The molecule has 0 unspecified atom stereocenters. The molecule has 14 heteroatoms. The fraction of sp³-hybridized carbons (Fsp3) is 0.500. The summed E-state index contributed by atoms with van der Waals surface area (Å²) in [6.07, 6.45) is -9.71. The van der Waals surface area contributed by atoms with Crippen molar-refractivity contribution in [1.82, 2.24) is 19.6 Å². The van der Waals surface area contributed by atoms with E-state index in [1.54, 1.807) is 0 Å². The van der Waals surface area contributed by atoms with Crippen LogP contribution >= 0.6 is 23.2 Å². The lowest BCUT2D eigenvalue weighted by Crippen LogP contribution is -2.13. The molecule has 0 saturated carbocycles. The molecule has 0 amide bonds. The quantitative estimate of drug-likeness (QED) is 0.673. The van der Waals surface area contributed by atoms with Gasteiger partial charge in [0.2, 0.25) is 0 Å². The van der Waals surface area contributed by atoms with E-state index in [9.17, 15) is 30.6 Å². The van der Waals surface area contributed by atoms with Gasteiger partial charge in [0, 0.05) is 36.0 Å². The van der Waals surface area contributed by atoms with Crippen molar-refractivity contribution in [2.45, 2.75) is 23.9 Å². The summed E-state index contributed by atoms with van der Waals surface area (Å²) in [5.74, 6) is -1.49. The Bertz CT molecular complexity index is 789. The third-order valence-corrected chi connectivity index (χ3v) is 5.45. The van der Waals surface area contributed by atoms with Crippen LogP contribution in [-0.2, 0) is 48.8 Å². The van der Waals surface area contributed by atoms with Crippen LogP contribution in [0.2, 0.25) is 10.3 Å². The van der Waals surface area contributed by atoms with Crippen molar-refractivity contribution in [3.8, 4) is 0 Å². The molecule has 0 aliphatic carbocycles. The van der Waals surface area contributed by atoms with Gasteiger partial charge in [-0.25, -0.2) is 0 Å². The van der Waals surface area contributed by atoms with Gasteiger partial charge in [-0.05, 0) is 0 Å². The van der Waals surface area contributed by atoms with E-state index in [4.69, 9.17) is 23.2 Å². The van der Waals surface area contributed by atoms with Crippen LogP contribution in [-0.4, -0.2) is 23.8 Å². The average Bonchev–Trinajstić information content (AvgIpc) is 2.91. The Morgan fingerprint density at radius 1 is 0.846 bits per heavy atom. The standard InChI is InChI=1S/C12H10Cl2F6N4OS/c1-23-9(13)5(7(21-23)11(15,16)17)3-26(25)4-6-8(12(18,19)20)22-24(2)10(6)14/h3-4H2,1-2H3. The number of aryl methyl sites for hydroxylation is 2. The molecule has 0 N–H and O–H groups in total. The largest absolute Gasteiger partial charge is 0.435 e. The molecule has 5 nitrogen and oxygen atoms in total. The molecular weight excluding hydrogens is 433 g/mol. The number of nitrogens with zero attached hydrogens (tertiary/aromatic N) is 4. The molecule has 2 aromatic rings. The Hall–Kier alpha value is -1.27. The van der Waals surface area contributed by atoms with E-state index in [1.165, 1.54) is 0 Å². The van der Waals surface area contributed by atoms with E-state index in [-0.39, 0.29) is 0 Å². The van der Waals surface area contributed by atoms with Crippen molar-refractivity contribution in [3.05, 3.63) is 32.8 Å². The van der Waals surface area contributed by atoms with Crippen LogP contribution in [0.5, 0.6) is 0 Å². The summed E-state index contributed by atoms with van der Waals surface area (Å²) in [5, 5.41) is 5.64. The van der Waals surface area contributed by atoms with Gasteiger partial charge in [-0.15, -0.1) is 0 Å². The van der Waals surface area contributed by atoms with Crippen LogP contribution < -0.4 is 0 Å². The number of aromatic nitrogens is 4. The first-order chi connectivity index (χ1) is 11.7. The van der Waals surface area contributed by atoms with Crippen LogP contribution in [0, 0.1) is 0 Å². The molecule has 146 valence electrons. The van der Waals surface area contributed by atoms with Crippen molar-refractivity contribution in [2.75, 3.05) is 0 Å². The topological polar surface area (TPSA) is 52.7 Å². The Balaban J connectivity index is 2.35. The highest BCUT2D eigenvalue weighted by Gasteiger charge is 2.41. The highest BCUT2D eigenvalue weighted by atomic mass is 35.5. The number of alkyl halides is 6. The van der Waals surface area contributed by atoms with Crippen molar-refractivity contribution >= 4 is 34.0 Å². The van der Waals surface area contributed by atoms with E-state index in [0.29, 0.717) is 0 Å². The molecule has 0 spiro atoms. The molecule has 0 atom stereocenters. The van der Waals surface area contributed by atoms with Gasteiger partial charge in [-0.1, -0.05) is 23.2 Å². The van der Waals surface area contributed by atoms with Gasteiger partial charge in [-0.3, -0.25) is 13.6 Å². The van der Waals surface area contributed by atoms with Crippen LogP contribution in [0.4, 0.5) is 26.3 Å². The second-order valence-corrected chi connectivity index (χ2v) is 7.38. The van der Waals surface area contributed by atoms with E-state index in [2.05, 4.69) is 10.2 Å². The van der Waals surface area contributed by atoms with Crippen LogP contribution in [0.1, 0.15) is 22.5 Å². The second kappa shape index (κ2) is 7.04. The lowest BCUT2D eigenvalue weighted by Gasteiger charge is -2.08. The number of halogens is 8. The fourth-order valence-electron chi connectivity index (χ4n) is 2.18. The number of hydrogen-bond acceptors (Lipinski definition) is 3. The minimum Gasteiger partial charge on any atom is -0.259 e. The molecular formula is C12H10Cl2F6N4OS. The van der Waals surface area contributed by atoms with Gasteiger partial charge in [0.25, 0.3) is 0 Å². The highest BCUT2D eigenvalue weighted by molar-refractivity contribution is 7.83. The van der Waals surface area contributed by atoms with Gasteiger partial charge in [0.1, 0.15) is 10.3 Å². The summed E-state index contributed by atoms with van der Waals surface area (Å²) in [4.78, 5) is 0. The Morgan fingerprint density at radius 3 is 1.42 bits per heavy atom. The maximum Gasteiger partial charge on any atom is 0.435 e. The minimum atomic E-state index is -4.85. The molecule has 0 bridgehead atoms. The van der Waals surface area contributed by atoms with Gasteiger partial charge in [0.15, 0.2) is 11.4 Å². The van der Waals surface area contributed by atoms with Crippen molar-refractivity contribution < 1.29 is 30.6 Å². The zero-order chi connectivity index (χ0) is 20.0. The summed E-state index contributed by atoms with van der Waals surface area (Å²) in [6.45, 7) is 0. The molecule has 0 fully saturated rings. The lowest BCUT2D eigenvalue weighted by atomic mass is 10.2. The summed E-state index contributed by atoms with van der Waals surface area (Å²) in [5.41, 5.74) is -3.81. The van der Waals surface area contributed by atoms with Gasteiger partial charge in [-0.2, -0.15) is 36.5 Å². The summed E-state index contributed by atoms with van der Waals surface area (Å²) >= 11 is 11.5. The summed E-state index contributed by atoms with van der Waals surface area (Å²) < 4.78 is 91.7. The first-order valence-electron chi connectivity index (χ1n) is 6.65. The first-order valence-corrected chi connectivity index (χ1v) is 8.90. The molecule has 0 radical (unpaired) electrons. The third kappa shape index (κ3) is 4.17. The van der Waals surface area contributed by atoms with E-state index >= 15 is 0 Å². The predicted octanol–water partition coefficient (Wildman–Crippen LogP) is 3.95. The zero-order valence-corrected chi connectivity index (χ0v) is 15.4. The highest BCUT2D eigenvalue weighted by Crippen LogP contribution is 2.37. The van der Waals surface area contributed by atoms with Gasteiger partial charge < -0.3 is 0 Å². The Kier molecular flexibility index (Phi) is 5.70. The van der Waals surface area contributed by atoms with Crippen LogP contribution in [0.15, 0.2) is 0 Å². The summed E-state index contributed by atoms with van der Waals surface area (Å²) in [6, 6.07) is 0. The van der Waals surface area contributed by atoms with E-state index < -0.39 is 67.5 Å². The molecule has 0 saturated heterocycles. The number of hydrogen-bond donors (Lipinski definition) is 0. The minimum absolute atomic E-state index is 0.404. The zero-order valence-electron chi connectivity index (χ0n) is 13.0. The second-order valence-electron chi connectivity index (χ2n) is 5.21. The molecule has 26 heavy (non-hydrogen) atoms.